The average molecular weight is 411 g/mol. The molecule has 0 heterocycles. The molecule has 0 atom stereocenters. The van der Waals surface area contributed by atoms with Gasteiger partial charge in [0.1, 0.15) is 6.07 Å². The third-order valence-electron chi connectivity index (χ3n) is 3.71. The van der Waals surface area contributed by atoms with Crippen molar-refractivity contribution >= 4 is 23.2 Å². The molecule has 0 spiro atoms. The van der Waals surface area contributed by atoms with Crippen LogP contribution in [0.15, 0.2) is 18.2 Å². The number of nitrogens with zero attached hydrogens (tertiary/aromatic N) is 1. The first-order valence-electron chi connectivity index (χ1n) is 6.31. The molecular weight excluding hydrogens is 407 g/mol. The smallest absolute Gasteiger partial charge is 0.322 e. The van der Waals surface area contributed by atoms with Gasteiger partial charge in [-0.1, -0.05) is 11.6 Å². The van der Waals surface area contributed by atoms with Crippen molar-refractivity contribution in [1.29, 1.82) is 5.26 Å². The number of hydrogen-bond donors (Lipinski definition) is 1. The molecule has 26 heavy (non-hydrogen) atoms. The van der Waals surface area contributed by atoms with Crippen molar-refractivity contribution in [3.05, 3.63) is 28.8 Å². The molecule has 142 valence electrons. The number of hydrogen-bond acceptors (Lipinski definition) is 2. The molecule has 1 aliphatic rings. The van der Waals surface area contributed by atoms with Gasteiger partial charge in [0.25, 0.3) is 5.91 Å². The Hall–Kier alpha value is -2.16. The molecule has 0 unspecified atom stereocenters. The number of nitrogens with one attached hydrogen (secondary N) is 1. The topological polar surface area (TPSA) is 52.9 Å². The van der Waals surface area contributed by atoms with E-state index < -0.39 is 46.5 Å². The highest BCUT2D eigenvalue weighted by Crippen LogP contribution is 2.69. The van der Waals surface area contributed by atoms with Crippen LogP contribution in [-0.2, 0) is 4.79 Å². The summed E-state index contributed by atoms with van der Waals surface area (Å²) in [7, 11) is 0. The van der Waals surface area contributed by atoms with Crippen molar-refractivity contribution in [2.75, 3.05) is 5.32 Å². The average Bonchev–Trinajstić information content (AvgIpc) is 2.58. The van der Waals surface area contributed by atoms with Crippen LogP contribution in [0.3, 0.4) is 0 Å². The van der Waals surface area contributed by atoms with Crippen LogP contribution < -0.4 is 5.32 Å². The van der Waals surface area contributed by atoms with E-state index in [1.807, 2.05) is 0 Å². The van der Waals surface area contributed by atoms with Gasteiger partial charge in [0.2, 0.25) is 0 Å². The van der Waals surface area contributed by atoms with Crippen molar-refractivity contribution in [2.45, 2.75) is 29.4 Å². The van der Waals surface area contributed by atoms with E-state index in [2.05, 4.69) is 0 Å². The van der Waals surface area contributed by atoms with Crippen LogP contribution in [0.2, 0.25) is 5.02 Å². The maximum absolute atomic E-state index is 14.3. The molecule has 1 N–H and O–H groups in total. The Morgan fingerprint density at radius 2 is 1.38 bits per heavy atom. The zero-order chi connectivity index (χ0) is 20.3. The van der Waals surface area contributed by atoms with Gasteiger partial charge in [-0.25, -0.2) is 4.39 Å². The Morgan fingerprint density at radius 3 is 1.81 bits per heavy atom. The summed E-state index contributed by atoms with van der Waals surface area (Å²) in [5.74, 6) is -30.4. The SMILES string of the molecule is N#Cc1cc(Cl)ccc1NC(=O)C1(F)C(F)(F)C(F)(F)C(F)(F)C1(F)F. The van der Waals surface area contributed by atoms with Gasteiger partial charge in [0, 0.05) is 5.02 Å². The first kappa shape index (κ1) is 20.2. The van der Waals surface area contributed by atoms with E-state index in [1.54, 1.807) is 0 Å². The predicted molar refractivity (Wildman–Crippen MR) is 68.4 cm³/mol. The first-order valence-corrected chi connectivity index (χ1v) is 6.68. The molecule has 0 aliphatic heterocycles. The summed E-state index contributed by atoms with van der Waals surface area (Å²) < 4.78 is 121. The quantitative estimate of drug-likeness (QED) is 0.734. The number of amides is 1. The number of benzene rings is 1. The van der Waals surface area contributed by atoms with Crippen molar-refractivity contribution in [2.24, 2.45) is 0 Å². The molecular formula is C13H4ClF9N2O. The van der Waals surface area contributed by atoms with E-state index in [4.69, 9.17) is 16.9 Å². The molecule has 1 amide bonds. The summed E-state index contributed by atoms with van der Waals surface area (Å²) in [4.78, 5) is 11.6. The Morgan fingerprint density at radius 1 is 0.923 bits per heavy atom. The second-order valence-electron chi connectivity index (χ2n) is 5.21. The molecule has 2 rings (SSSR count). The van der Waals surface area contributed by atoms with Crippen LogP contribution in [0.25, 0.3) is 0 Å². The molecule has 0 bridgehead atoms. The Bertz CT molecular complexity index is 792. The van der Waals surface area contributed by atoms with Crippen molar-refractivity contribution < 1.29 is 44.3 Å². The van der Waals surface area contributed by atoms with Crippen molar-refractivity contribution in [3.63, 3.8) is 0 Å². The van der Waals surface area contributed by atoms with Gasteiger partial charge in [-0.15, -0.1) is 0 Å². The van der Waals surface area contributed by atoms with Gasteiger partial charge in [0.05, 0.1) is 11.3 Å². The predicted octanol–water partition coefficient (Wildman–Crippen LogP) is 4.41. The Labute approximate surface area is 143 Å². The molecule has 0 aromatic heterocycles. The van der Waals surface area contributed by atoms with Crippen LogP contribution in [-0.4, -0.2) is 35.3 Å². The number of nitriles is 1. The lowest BCUT2D eigenvalue weighted by molar-refractivity contribution is -0.303. The largest absolute Gasteiger partial charge is 0.382 e. The first-order chi connectivity index (χ1) is 11.6. The third kappa shape index (κ3) is 2.06. The number of alkyl halides is 9. The highest BCUT2D eigenvalue weighted by molar-refractivity contribution is 6.30. The minimum Gasteiger partial charge on any atom is -0.322 e. The van der Waals surface area contributed by atoms with Crippen LogP contribution >= 0.6 is 11.6 Å². The van der Waals surface area contributed by atoms with Gasteiger partial charge in [-0.05, 0) is 18.2 Å². The van der Waals surface area contributed by atoms with E-state index in [-0.39, 0.29) is 5.02 Å². The fourth-order valence-corrected chi connectivity index (χ4v) is 2.41. The van der Waals surface area contributed by atoms with E-state index >= 15 is 0 Å². The fraction of sp³-hybridized carbons (Fsp3) is 0.385. The molecule has 1 saturated carbocycles. The number of carbonyl (C=O) groups excluding carboxylic acids is 1. The van der Waals surface area contributed by atoms with Gasteiger partial charge in [-0.3, -0.25) is 4.79 Å². The van der Waals surface area contributed by atoms with E-state index in [0.717, 1.165) is 17.4 Å². The van der Waals surface area contributed by atoms with E-state index in [1.165, 1.54) is 6.07 Å². The lowest BCUT2D eigenvalue weighted by atomic mass is 9.95. The monoisotopic (exact) mass is 410 g/mol. The molecule has 1 aliphatic carbocycles. The lowest BCUT2D eigenvalue weighted by Crippen LogP contribution is -2.62. The zero-order valence-electron chi connectivity index (χ0n) is 11.9. The molecule has 1 fully saturated rings. The highest BCUT2D eigenvalue weighted by atomic mass is 35.5. The van der Waals surface area contributed by atoms with Gasteiger partial charge >= 0.3 is 29.4 Å². The summed E-state index contributed by atoms with van der Waals surface area (Å²) in [6.45, 7) is 0. The Balaban J connectivity index is 2.59. The van der Waals surface area contributed by atoms with Crippen LogP contribution in [0.5, 0.6) is 0 Å². The minimum absolute atomic E-state index is 0.149. The summed E-state index contributed by atoms with van der Waals surface area (Å²) in [6.07, 6.45) is 0. The number of carbonyl (C=O) groups is 1. The second-order valence-corrected chi connectivity index (χ2v) is 5.65. The third-order valence-corrected chi connectivity index (χ3v) is 3.95. The lowest BCUT2D eigenvalue weighted by Gasteiger charge is -2.29. The molecule has 1 aromatic rings. The van der Waals surface area contributed by atoms with Crippen molar-refractivity contribution in [1.82, 2.24) is 0 Å². The van der Waals surface area contributed by atoms with E-state index in [0.29, 0.717) is 6.07 Å². The summed E-state index contributed by atoms with van der Waals surface area (Å²) in [5, 5.41) is 9.65. The maximum Gasteiger partial charge on any atom is 0.382 e. The highest BCUT2D eigenvalue weighted by Gasteiger charge is 3.02. The van der Waals surface area contributed by atoms with Crippen molar-refractivity contribution in [3.8, 4) is 6.07 Å². The number of halogens is 10. The molecule has 0 radical (unpaired) electrons. The standard InChI is InChI=1S/C13H4ClF9N2O/c14-6-1-2-7(5(3-6)4-24)25-8(26)9(15)10(16,17)12(20,21)13(22,23)11(9,18)19/h1-3H,(H,25,26). The molecule has 0 saturated heterocycles. The second kappa shape index (κ2) is 5.42. The summed E-state index contributed by atoms with van der Waals surface area (Å²) in [5.41, 5.74) is -7.85. The van der Waals surface area contributed by atoms with Gasteiger partial charge in [-0.2, -0.15) is 40.4 Å². The fourth-order valence-electron chi connectivity index (χ4n) is 2.24. The zero-order valence-corrected chi connectivity index (χ0v) is 12.6. The molecule has 3 nitrogen and oxygen atoms in total. The normalized spacial score (nSPS) is 23.9. The van der Waals surface area contributed by atoms with E-state index in [9.17, 15) is 44.3 Å². The van der Waals surface area contributed by atoms with Crippen LogP contribution in [0.1, 0.15) is 5.56 Å². The minimum atomic E-state index is -6.87. The van der Waals surface area contributed by atoms with Gasteiger partial charge < -0.3 is 5.32 Å². The van der Waals surface area contributed by atoms with Crippen LogP contribution in [0, 0.1) is 11.3 Å². The molecule has 1 aromatic carbocycles. The number of anilines is 1. The number of rotatable bonds is 2. The Kier molecular flexibility index (Phi) is 4.20. The maximum atomic E-state index is 14.3. The van der Waals surface area contributed by atoms with Gasteiger partial charge in [0.15, 0.2) is 0 Å². The summed E-state index contributed by atoms with van der Waals surface area (Å²) in [6, 6.07) is 3.68. The summed E-state index contributed by atoms with van der Waals surface area (Å²) >= 11 is 5.48. The molecule has 13 heteroatoms. The van der Waals surface area contributed by atoms with Crippen LogP contribution in [0.4, 0.5) is 45.2 Å².